The second kappa shape index (κ2) is 6.85. The third kappa shape index (κ3) is 6.79. The normalized spacial score (nSPS) is 12.3. The van der Waals surface area contributed by atoms with Gasteiger partial charge in [0, 0.05) is 24.9 Å². The van der Waals surface area contributed by atoms with Gasteiger partial charge in [0.15, 0.2) is 9.84 Å². The quantitative estimate of drug-likeness (QED) is 0.684. The number of carboxylic acids is 1. The first-order valence-electron chi connectivity index (χ1n) is 5.44. The average Bonchev–Trinajstić information content (AvgIpc) is 2.16. The highest BCUT2D eigenvalue weighted by atomic mass is 32.2. The number of rotatable bonds is 8. The Morgan fingerprint density at radius 2 is 1.88 bits per heavy atom. The third-order valence-electron chi connectivity index (χ3n) is 2.47. The smallest absolute Gasteiger partial charge is 0.304 e. The van der Waals surface area contributed by atoms with Gasteiger partial charge < -0.3 is 5.11 Å². The maximum absolute atomic E-state index is 11.3. The molecule has 0 aliphatic carbocycles. The summed E-state index contributed by atoms with van der Waals surface area (Å²) in [6, 6.07) is 0.159. The van der Waals surface area contributed by atoms with Crippen LogP contribution in [0.25, 0.3) is 0 Å². The lowest BCUT2D eigenvalue weighted by Crippen LogP contribution is -2.37. The van der Waals surface area contributed by atoms with E-state index in [2.05, 4.69) is 0 Å². The van der Waals surface area contributed by atoms with Crippen molar-refractivity contribution < 1.29 is 18.3 Å². The van der Waals surface area contributed by atoms with E-state index in [1.807, 2.05) is 18.7 Å². The molecule has 6 heteroatoms. The number of sulfone groups is 1. The summed E-state index contributed by atoms with van der Waals surface area (Å²) in [5.41, 5.74) is 0. The van der Waals surface area contributed by atoms with Crippen LogP contribution in [-0.4, -0.2) is 55.0 Å². The van der Waals surface area contributed by atoms with Gasteiger partial charge in [0.25, 0.3) is 0 Å². The highest BCUT2D eigenvalue weighted by Gasteiger charge is 2.15. The number of hydrogen-bond acceptors (Lipinski definition) is 4. The van der Waals surface area contributed by atoms with Crippen molar-refractivity contribution in [3.63, 3.8) is 0 Å². The Bertz CT molecular complexity index is 311. The number of aliphatic carboxylic acids is 1. The fourth-order valence-corrected chi connectivity index (χ4v) is 2.07. The third-order valence-corrected chi connectivity index (χ3v) is 4.16. The van der Waals surface area contributed by atoms with E-state index >= 15 is 0 Å². The molecule has 0 aromatic rings. The standard InChI is InChI=1S/C10H21NO4S/c1-4-16(14,15)8-7-11(9(2)3)6-5-10(12)13/h9H,4-8H2,1-3H3,(H,12,13). The summed E-state index contributed by atoms with van der Waals surface area (Å²) in [4.78, 5) is 12.3. The second-order valence-electron chi connectivity index (χ2n) is 4.01. The summed E-state index contributed by atoms with van der Waals surface area (Å²) >= 11 is 0. The van der Waals surface area contributed by atoms with Crippen molar-refractivity contribution in [2.24, 2.45) is 0 Å². The van der Waals surface area contributed by atoms with Gasteiger partial charge in [-0.2, -0.15) is 0 Å². The molecule has 0 bridgehead atoms. The minimum absolute atomic E-state index is 0.0460. The lowest BCUT2D eigenvalue weighted by atomic mass is 10.3. The first-order chi connectivity index (χ1) is 7.28. The van der Waals surface area contributed by atoms with Crippen molar-refractivity contribution >= 4 is 15.8 Å². The maximum Gasteiger partial charge on any atom is 0.304 e. The van der Waals surface area contributed by atoms with E-state index < -0.39 is 15.8 Å². The summed E-state index contributed by atoms with van der Waals surface area (Å²) in [7, 11) is -2.98. The molecule has 96 valence electrons. The molecule has 0 aromatic heterocycles. The lowest BCUT2D eigenvalue weighted by molar-refractivity contribution is -0.137. The zero-order valence-corrected chi connectivity index (χ0v) is 11.0. The first kappa shape index (κ1) is 15.4. The zero-order valence-electron chi connectivity index (χ0n) is 10.1. The van der Waals surface area contributed by atoms with Crippen LogP contribution in [0.2, 0.25) is 0 Å². The molecular formula is C10H21NO4S. The molecule has 0 amide bonds. The van der Waals surface area contributed by atoms with Gasteiger partial charge in [0.2, 0.25) is 0 Å². The Morgan fingerprint density at radius 3 is 2.25 bits per heavy atom. The van der Waals surface area contributed by atoms with Crippen molar-refractivity contribution in [2.75, 3.05) is 24.6 Å². The molecule has 0 saturated heterocycles. The minimum Gasteiger partial charge on any atom is -0.481 e. The SMILES string of the molecule is CCS(=O)(=O)CCN(CCC(=O)O)C(C)C. The number of nitrogens with zero attached hydrogens (tertiary/aromatic N) is 1. The van der Waals surface area contributed by atoms with Gasteiger partial charge in [-0.3, -0.25) is 9.69 Å². The molecule has 0 fully saturated rings. The zero-order chi connectivity index (χ0) is 12.8. The van der Waals surface area contributed by atoms with Crippen molar-refractivity contribution in [3.8, 4) is 0 Å². The lowest BCUT2D eigenvalue weighted by Gasteiger charge is -2.25. The van der Waals surface area contributed by atoms with Gasteiger partial charge in [0.05, 0.1) is 12.2 Å². The van der Waals surface area contributed by atoms with Gasteiger partial charge in [-0.15, -0.1) is 0 Å². The number of hydrogen-bond donors (Lipinski definition) is 1. The molecule has 0 atom stereocenters. The van der Waals surface area contributed by atoms with E-state index in [0.717, 1.165) is 0 Å². The molecule has 0 unspecified atom stereocenters. The van der Waals surface area contributed by atoms with E-state index in [1.54, 1.807) is 6.92 Å². The first-order valence-corrected chi connectivity index (χ1v) is 7.27. The van der Waals surface area contributed by atoms with E-state index in [9.17, 15) is 13.2 Å². The van der Waals surface area contributed by atoms with E-state index in [0.29, 0.717) is 13.1 Å². The van der Waals surface area contributed by atoms with Gasteiger partial charge in [-0.1, -0.05) is 6.92 Å². The van der Waals surface area contributed by atoms with Crippen LogP contribution in [0.3, 0.4) is 0 Å². The van der Waals surface area contributed by atoms with Gasteiger partial charge in [-0.05, 0) is 13.8 Å². The summed E-state index contributed by atoms with van der Waals surface area (Å²) in [5, 5.41) is 8.57. The Labute approximate surface area is 97.4 Å². The Balaban J connectivity index is 4.19. The molecule has 5 nitrogen and oxygen atoms in total. The largest absolute Gasteiger partial charge is 0.481 e. The van der Waals surface area contributed by atoms with Crippen molar-refractivity contribution in [1.82, 2.24) is 4.90 Å². The van der Waals surface area contributed by atoms with Crippen LogP contribution < -0.4 is 0 Å². The summed E-state index contributed by atoms with van der Waals surface area (Å²) < 4.78 is 22.6. The second-order valence-corrected chi connectivity index (χ2v) is 6.48. The Hall–Kier alpha value is -0.620. The monoisotopic (exact) mass is 251 g/mol. The molecule has 0 radical (unpaired) electrons. The van der Waals surface area contributed by atoms with Crippen LogP contribution >= 0.6 is 0 Å². The van der Waals surface area contributed by atoms with Crippen LogP contribution in [0, 0.1) is 0 Å². The Morgan fingerprint density at radius 1 is 1.31 bits per heavy atom. The molecule has 0 saturated carbocycles. The summed E-state index contributed by atoms with van der Waals surface area (Å²) in [6.45, 7) is 6.28. The predicted octanol–water partition coefficient (Wildman–Crippen LogP) is 0.606. The fourth-order valence-electron chi connectivity index (χ4n) is 1.27. The van der Waals surface area contributed by atoms with Crippen LogP contribution in [0.1, 0.15) is 27.2 Å². The van der Waals surface area contributed by atoms with E-state index in [1.165, 1.54) is 0 Å². The van der Waals surface area contributed by atoms with Crippen molar-refractivity contribution in [1.29, 1.82) is 0 Å². The van der Waals surface area contributed by atoms with E-state index in [4.69, 9.17) is 5.11 Å². The summed E-state index contributed by atoms with van der Waals surface area (Å²) in [5.74, 6) is -0.622. The molecule has 0 aliphatic heterocycles. The molecule has 0 rings (SSSR count). The van der Waals surface area contributed by atoms with Crippen molar-refractivity contribution in [2.45, 2.75) is 33.2 Å². The van der Waals surface area contributed by atoms with Crippen LogP contribution in [0.4, 0.5) is 0 Å². The maximum atomic E-state index is 11.3. The molecular weight excluding hydrogens is 230 g/mol. The number of carbonyl (C=O) groups is 1. The summed E-state index contributed by atoms with van der Waals surface area (Å²) in [6.07, 6.45) is 0.0460. The molecule has 16 heavy (non-hydrogen) atoms. The van der Waals surface area contributed by atoms with Crippen LogP contribution in [0.15, 0.2) is 0 Å². The van der Waals surface area contributed by atoms with Gasteiger partial charge in [-0.25, -0.2) is 8.42 Å². The van der Waals surface area contributed by atoms with Gasteiger partial charge in [0.1, 0.15) is 0 Å². The van der Waals surface area contributed by atoms with Crippen LogP contribution in [-0.2, 0) is 14.6 Å². The fraction of sp³-hybridized carbons (Fsp3) is 0.900. The predicted molar refractivity (Wildman–Crippen MR) is 63.3 cm³/mol. The van der Waals surface area contributed by atoms with Crippen LogP contribution in [0.5, 0.6) is 0 Å². The topological polar surface area (TPSA) is 74.7 Å². The van der Waals surface area contributed by atoms with E-state index in [-0.39, 0.29) is 24.0 Å². The van der Waals surface area contributed by atoms with Crippen molar-refractivity contribution in [3.05, 3.63) is 0 Å². The minimum atomic E-state index is -2.98. The molecule has 0 spiro atoms. The highest BCUT2D eigenvalue weighted by Crippen LogP contribution is 2.01. The highest BCUT2D eigenvalue weighted by molar-refractivity contribution is 7.91. The molecule has 0 aliphatic rings. The molecule has 1 N–H and O–H groups in total. The Kier molecular flexibility index (Phi) is 6.59. The average molecular weight is 251 g/mol. The van der Waals surface area contributed by atoms with Gasteiger partial charge >= 0.3 is 5.97 Å². The molecule has 0 heterocycles. The number of carboxylic acid groups (broad SMARTS) is 1. The molecule has 0 aromatic carbocycles.